The predicted octanol–water partition coefficient (Wildman–Crippen LogP) is 2.59. The van der Waals surface area contributed by atoms with Gasteiger partial charge in [0.1, 0.15) is 0 Å². The maximum Gasteiger partial charge on any atom is 0.264 e. The third-order valence-electron chi connectivity index (χ3n) is 2.64. The van der Waals surface area contributed by atoms with Gasteiger partial charge in [0.25, 0.3) is 6.43 Å². The Bertz CT molecular complexity index is 598. The summed E-state index contributed by atoms with van der Waals surface area (Å²) >= 11 is 0. The van der Waals surface area contributed by atoms with Crippen molar-refractivity contribution in [3.8, 4) is 22.6 Å². The van der Waals surface area contributed by atoms with Gasteiger partial charge in [0.2, 0.25) is 12.7 Å². The SMILES string of the molecule is Nc1oncc1-c1cc(C(F)F)cc2c1OCO2. The molecule has 0 unspecified atom stereocenters. The van der Waals surface area contributed by atoms with Crippen LogP contribution in [0.25, 0.3) is 11.1 Å². The number of nitrogen functional groups attached to an aromatic ring is 1. The number of anilines is 1. The summed E-state index contributed by atoms with van der Waals surface area (Å²) in [5.41, 5.74) is 6.20. The second-order valence-corrected chi connectivity index (χ2v) is 3.71. The van der Waals surface area contributed by atoms with Gasteiger partial charge in [0, 0.05) is 11.1 Å². The molecule has 1 aromatic carbocycles. The van der Waals surface area contributed by atoms with Crippen molar-refractivity contribution in [2.45, 2.75) is 6.43 Å². The molecular weight excluding hydrogens is 246 g/mol. The Labute approximate surface area is 100 Å². The van der Waals surface area contributed by atoms with Crippen molar-refractivity contribution in [2.24, 2.45) is 0 Å². The van der Waals surface area contributed by atoms with E-state index >= 15 is 0 Å². The van der Waals surface area contributed by atoms with Gasteiger partial charge in [-0.2, -0.15) is 0 Å². The molecule has 0 fully saturated rings. The van der Waals surface area contributed by atoms with Crippen molar-refractivity contribution in [2.75, 3.05) is 12.5 Å². The predicted molar refractivity (Wildman–Crippen MR) is 57.4 cm³/mol. The normalized spacial score (nSPS) is 13.3. The van der Waals surface area contributed by atoms with Crippen LogP contribution in [0.5, 0.6) is 11.5 Å². The number of hydrogen-bond donors (Lipinski definition) is 1. The van der Waals surface area contributed by atoms with E-state index in [4.69, 9.17) is 19.7 Å². The molecule has 2 heterocycles. The number of fused-ring (bicyclic) bond motifs is 1. The first-order chi connectivity index (χ1) is 8.66. The van der Waals surface area contributed by atoms with Crippen molar-refractivity contribution in [3.05, 3.63) is 23.9 Å². The Morgan fingerprint density at radius 2 is 2.06 bits per heavy atom. The van der Waals surface area contributed by atoms with E-state index in [1.54, 1.807) is 0 Å². The summed E-state index contributed by atoms with van der Waals surface area (Å²) in [4.78, 5) is 0. The third-order valence-corrected chi connectivity index (χ3v) is 2.64. The lowest BCUT2D eigenvalue weighted by molar-refractivity contribution is 0.150. The number of benzene rings is 1. The molecule has 1 aliphatic heterocycles. The molecule has 5 nitrogen and oxygen atoms in total. The lowest BCUT2D eigenvalue weighted by Gasteiger charge is -2.07. The Balaban J connectivity index is 2.22. The minimum atomic E-state index is -2.61. The summed E-state index contributed by atoms with van der Waals surface area (Å²) in [5.74, 6) is 0.678. The molecular formula is C11H8F2N2O3. The second kappa shape index (κ2) is 3.86. The molecule has 3 rings (SSSR count). The summed E-state index contributed by atoms with van der Waals surface area (Å²) < 4.78 is 40.7. The van der Waals surface area contributed by atoms with Crippen LogP contribution in [0.15, 0.2) is 22.9 Å². The van der Waals surface area contributed by atoms with E-state index in [2.05, 4.69) is 5.16 Å². The molecule has 0 saturated heterocycles. The fourth-order valence-electron chi connectivity index (χ4n) is 1.81. The van der Waals surface area contributed by atoms with E-state index in [9.17, 15) is 8.78 Å². The van der Waals surface area contributed by atoms with Crippen LogP contribution in [0.4, 0.5) is 14.7 Å². The van der Waals surface area contributed by atoms with E-state index in [-0.39, 0.29) is 24.0 Å². The van der Waals surface area contributed by atoms with Gasteiger partial charge in [-0.1, -0.05) is 5.16 Å². The summed E-state index contributed by atoms with van der Waals surface area (Å²) in [7, 11) is 0. The number of nitrogens with two attached hydrogens (primary N) is 1. The van der Waals surface area contributed by atoms with E-state index in [1.807, 2.05) is 0 Å². The number of ether oxygens (including phenoxy) is 2. The quantitative estimate of drug-likeness (QED) is 0.891. The minimum Gasteiger partial charge on any atom is -0.454 e. The molecule has 18 heavy (non-hydrogen) atoms. The van der Waals surface area contributed by atoms with E-state index in [1.165, 1.54) is 18.3 Å². The molecule has 0 aliphatic carbocycles. The molecule has 0 radical (unpaired) electrons. The van der Waals surface area contributed by atoms with Gasteiger partial charge >= 0.3 is 0 Å². The second-order valence-electron chi connectivity index (χ2n) is 3.71. The van der Waals surface area contributed by atoms with Gasteiger partial charge in [0.05, 0.1) is 11.8 Å². The van der Waals surface area contributed by atoms with Crippen LogP contribution in [-0.2, 0) is 0 Å². The lowest BCUT2D eigenvalue weighted by atomic mass is 10.0. The minimum absolute atomic E-state index is 0.0137. The maximum atomic E-state index is 12.8. The van der Waals surface area contributed by atoms with E-state index < -0.39 is 6.43 Å². The Morgan fingerprint density at radius 1 is 1.22 bits per heavy atom. The summed E-state index contributed by atoms with van der Waals surface area (Å²) in [5, 5.41) is 3.51. The summed E-state index contributed by atoms with van der Waals surface area (Å²) in [6.45, 7) is -0.0137. The molecule has 94 valence electrons. The first-order valence-electron chi connectivity index (χ1n) is 5.09. The van der Waals surface area contributed by atoms with Gasteiger partial charge in [-0.3, -0.25) is 0 Å². The van der Waals surface area contributed by atoms with Gasteiger partial charge in [0.15, 0.2) is 11.5 Å². The molecule has 0 amide bonds. The van der Waals surface area contributed by atoms with Crippen LogP contribution >= 0.6 is 0 Å². The lowest BCUT2D eigenvalue weighted by Crippen LogP contribution is -1.94. The van der Waals surface area contributed by atoms with Crippen LogP contribution in [0, 0.1) is 0 Å². The molecule has 2 N–H and O–H groups in total. The monoisotopic (exact) mass is 254 g/mol. The maximum absolute atomic E-state index is 12.8. The van der Waals surface area contributed by atoms with Crippen molar-refractivity contribution in [1.29, 1.82) is 0 Å². The molecule has 0 atom stereocenters. The zero-order valence-corrected chi connectivity index (χ0v) is 9.02. The number of alkyl halides is 2. The van der Waals surface area contributed by atoms with Crippen molar-refractivity contribution in [3.63, 3.8) is 0 Å². The van der Waals surface area contributed by atoms with Crippen molar-refractivity contribution < 1.29 is 22.8 Å². The highest BCUT2D eigenvalue weighted by atomic mass is 19.3. The van der Waals surface area contributed by atoms with Crippen LogP contribution in [0.3, 0.4) is 0 Å². The number of rotatable bonds is 2. The van der Waals surface area contributed by atoms with Gasteiger partial charge < -0.3 is 19.7 Å². The van der Waals surface area contributed by atoms with Crippen LogP contribution in [0.1, 0.15) is 12.0 Å². The Hall–Kier alpha value is -2.31. The molecule has 0 saturated carbocycles. The van der Waals surface area contributed by atoms with Gasteiger partial charge in [-0.05, 0) is 12.1 Å². The van der Waals surface area contributed by atoms with Crippen molar-refractivity contribution in [1.82, 2.24) is 5.16 Å². The molecule has 0 spiro atoms. The van der Waals surface area contributed by atoms with Gasteiger partial charge in [-0.25, -0.2) is 8.78 Å². The highest BCUT2D eigenvalue weighted by Gasteiger charge is 2.25. The number of hydrogen-bond acceptors (Lipinski definition) is 5. The smallest absolute Gasteiger partial charge is 0.264 e. The Morgan fingerprint density at radius 3 is 2.72 bits per heavy atom. The number of halogens is 2. The molecule has 1 aromatic heterocycles. The largest absolute Gasteiger partial charge is 0.454 e. The number of nitrogens with zero attached hydrogens (tertiary/aromatic N) is 1. The van der Waals surface area contributed by atoms with E-state index in [0.717, 1.165) is 0 Å². The summed E-state index contributed by atoms with van der Waals surface area (Å²) in [6, 6.07) is 2.54. The van der Waals surface area contributed by atoms with Crippen LogP contribution < -0.4 is 15.2 Å². The first-order valence-corrected chi connectivity index (χ1v) is 5.09. The fourth-order valence-corrected chi connectivity index (χ4v) is 1.81. The number of aromatic nitrogens is 1. The molecule has 7 heteroatoms. The summed E-state index contributed by atoms with van der Waals surface area (Å²) in [6.07, 6.45) is -1.26. The zero-order chi connectivity index (χ0) is 12.7. The van der Waals surface area contributed by atoms with Crippen LogP contribution in [0.2, 0.25) is 0 Å². The van der Waals surface area contributed by atoms with E-state index in [0.29, 0.717) is 16.9 Å². The zero-order valence-electron chi connectivity index (χ0n) is 9.02. The fraction of sp³-hybridized carbons (Fsp3) is 0.182. The van der Waals surface area contributed by atoms with Gasteiger partial charge in [-0.15, -0.1) is 0 Å². The Kier molecular flexibility index (Phi) is 2.32. The highest BCUT2D eigenvalue weighted by Crippen LogP contribution is 2.45. The van der Waals surface area contributed by atoms with Crippen LogP contribution in [-0.4, -0.2) is 11.9 Å². The first kappa shape index (κ1) is 10.8. The molecule has 2 aromatic rings. The molecule has 1 aliphatic rings. The standard InChI is InChI=1S/C11H8F2N2O3/c12-10(13)5-1-6(7-3-15-18-11(7)14)9-8(2-5)16-4-17-9/h1-3,10H,4,14H2. The van der Waals surface area contributed by atoms with Crippen molar-refractivity contribution >= 4 is 5.88 Å². The molecule has 0 bridgehead atoms. The average Bonchev–Trinajstić information content (AvgIpc) is 2.95. The highest BCUT2D eigenvalue weighted by molar-refractivity contribution is 5.80. The topological polar surface area (TPSA) is 70.5 Å². The average molecular weight is 254 g/mol. The third kappa shape index (κ3) is 1.55.